The molecule has 0 saturated carbocycles. The van der Waals surface area contributed by atoms with Crippen LogP contribution in [0.2, 0.25) is 0 Å². The van der Waals surface area contributed by atoms with Gasteiger partial charge in [0.15, 0.2) is 0 Å². The van der Waals surface area contributed by atoms with E-state index in [1.54, 1.807) is 18.8 Å². The van der Waals surface area contributed by atoms with E-state index in [0.717, 1.165) is 68.8 Å². The topological polar surface area (TPSA) is 169 Å². The molecule has 1 rings (SSSR count). The van der Waals surface area contributed by atoms with Gasteiger partial charge < -0.3 is 18.6 Å². The van der Waals surface area contributed by atoms with Crippen LogP contribution >= 0.6 is 0 Å². The molecule has 0 amide bonds. The average molecular weight is 505 g/mol. The Morgan fingerprint density at radius 1 is 0.639 bits per heavy atom. The van der Waals surface area contributed by atoms with E-state index in [1.165, 1.54) is 4.57 Å². The number of nitrogens with zero attached hydrogens (tertiary/aromatic N) is 6. The highest BCUT2D eigenvalue weighted by atomic mass is 16.5. The number of ether oxygens (including phenoxy) is 3. The SMILES string of the molecule is N#COCCCCCCN=c1oc(=O)n(CCCCCCOC#N)c(=O)n1CCCCCCOC#N. The van der Waals surface area contributed by atoms with Crippen molar-refractivity contribution in [2.24, 2.45) is 4.99 Å². The molecule has 1 aromatic rings. The van der Waals surface area contributed by atoms with E-state index in [1.807, 2.05) is 0 Å². The minimum Gasteiger partial charge on any atom is -0.428 e. The summed E-state index contributed by atoms with van der Waals surface area (Å²) < 4.78 is 21.9. The molecule has 0 saturated heterocycles. The summed E-state index contributed by atoms with van der Waals surface area (Å²) in [6.07, 6.45) is 14.3. The van der Waals surface area contributed by atoms with Crippen LogP contribution in [0.5, 0.6) is 0 Å². The smallest absolute Gasteiger partial charge is 0.425 e. The lowest BCUT2D eigenvalue weighted by molar-refractivity contribution is 0.257. The summed E-state index contributed by atoms with van der Waals surface area (Å²) >= 11 is 0. The first-order valence-corrected chi connectivity index (χ1v) is 12.5. The van der Waals surface area contributed by atoms with Crippen LogP contribution < -0.4 is 17.1 Å². The van der Waals surface area contributed by atoms with Gasteiger partial charge in [0.05, 0.1) is 0 Å². The van der Waals surface area contributed by atoms with Crippen LogP contribution in [-0.2, 0) is 27.3 Å². The number of nitriles is 3. The largest absolute Gasteiger partial charge is 0.428 e. The molecule has 36 heavy (non-hydrogen) atoms. The molecule has 0 unspecified atom stereocenters. The normalized spacial score (nSPS) is 10.9. The van der Waals surface area contributed by atoms with Crippen LogP contribution in [0.1, 0.15) is 77.0 Å². The van der Waals surface area contributed by atoms with E-state index in [9.17, 15) is 9.59 Å². The van der Waals surface area contributed by atoms with Crippen molar-refractivity contribution in [3.05, 3.63) is 26.7 Å². The summed E-state index contributed by atoms with van der Waals surface area (Å²) in [6, 6.07) is 0. The van der Waals surface area contributed by atoms with Gasteiger partial charge in [-0.3, -0.25) is 0 Å². The molecular weight excluding hydrogens is 468 g/mol. The second kappa shape index (κ2) is 20.6. The molecule has 0 aromatic carbocycles. The molecular formula is C24H36N6O6. The van der Waals surface area contributed by atoms with Crippen LogP contribution in [0.15, 0.2) is 19.0 Å². The van der Waals surface area contributed by atoms with Gasteiger partial charge in [0.1, 0.15) is 19.8 Å². The zero-order valence-electron chi connectivity index (χ0n) is 20.9. The predicted molar refractivity (Wildman–Crippen MR) is 128 cm³/mol. The maximum Gasteiger partial charge on any atom is 0.425 e. The number of unbranched alkanes of at least 4 members (excludes halogenated alkanes) is 9. The third-order valence-corrected chi connectivity index (χ3v) is 5.44. The standard InChI is InChI=1S/C24H36N6O6/c25-19-33-16-10-4-1-7-13-28-22-29(14-8-2-5-11-17-34-20-26)23(31)30(24(32)36-22)15-9-3-6-12-18-35-21-27/h1-18H2. The summed E-state index contributed by atoms with van der Waals surface area (Å²) in [5.41, 5.74) is -0.394. The van der Waals surface area contributed by atoms with Gasteiger partial charge in [-0.1, -0.05) is 19.3 Å². The summed E-state index contributed by atoms with van der Waals surface area (Å²) in [6.45, 7) is 2.18. The van der Waals surface area contributed by atoms with Gasteiger partial charge in [0.25, 0.3) is 18.8 Å². The van der Waals surface area contributed by atoms with Crippen molar-refractivity contribution in [3.8, 4) is 18.8 Å². The number of rotatable bonds is 21. The van der Waals surface area contributed by atoms with Crippen LogP contribution in [0.25, 0.3) is 0 Å². The molecule has 0 bridgehead atoms. The van der Waals surface area contributed by atoms with Gasteiger partial charge >= 0.3 is 17.1 Å². The summed E-state index contributed by atoms with van der Waals surface area (Å²) in [4.78, 5) is 30.0. The lowest BCUT2D eigenvalue weighted by Gasteiger charge is -2.10. The highest BCUT2D eigenvalue weighted by Crippen LogP contribution is 2.03. The first-order chi connectivity index (χ1) is 17.7. The highest BCUT2D eigenvalue weighted by Gasteiger charge is 2.11. The van der Waals surface area contributed by atoms with Gasteiger partial charge in [0.2, 0.25) is 0 Å². The number of hydrogen-bond donors (Lipinski definition) is 0. The minimum atomic E-state index is -0.717. The van der Waals surface area contributed by atoms with E-state index in [4.69, 9.17) is 20.2 Å². The Labute approximate surface area is 210 Å². The lowest BCUT2D eigenvalue weighted by atomic mass is 10.2. The first-order valence-electron chi connectivity index (χ1n) is 12.5. The van der Waals surface area contributed by atoms with Gasteiger partial charge in [-0.15, -0.1) is 0 Å². The van der Waals surface area contributed by atoms with Crippen LogP contribution in [0.4, 0.5) is 0 Å². The Bertz CT molecular complexity index is 1040. The molecule has 0 fully saturated rings. The van der Waals surface area contributed by atoms with Crippen molar-refractivity contribution in [1.82, 2.24) is 9.13 Å². The van der Waals surface area contributed by atoms with Crippen LogP contribution in [0.3, 0.4) is 0 Å². The average Bonchev–Trinajstić information content (AvgIpc) is 2.87. The van der Waals surface area contributed by atoms with Crippen molar-refractivity contribution in [1.29, 1.82) is 15.8 Å². The molecule has 12 heteroatoms. The zero-order valence-corrected chi connectivity index (χ0v) is 20.9. The molecule has 0 aliphatic carbocycles. The predicted octanol–water partition coefficient (Wildman–Crippen LogP) is 2.68. The molecule has 198 valence electrons. The molecule has 1 heterocycles. The maximum atomic E-state index is 13.1. The highest BCUT2D eigenvalue weighted by molar-refractivity contribution is 4.71. The number of aromatic nitrogens is 2. The van der Waals surface area contributed by atoms with Crippen molar-refractivity contribution in [2.45, 2.75) is 90.1 Å². The van der Waals surface area contributed by atoms with E-state index >= 15 is 0 Å². The molecule has 0 aliphatic rings. The van der Waals surface area contributed by atoms with Crippen molar-refractivity contribution in [3.63, 3.8) is 0 Å². The lowest BCUT2D eigenvalue weighted by Crippen LogP contribution is -2.47. The Morgan fingerprint density at radius 3 is 1.58 bits per heavy atom. The fourth-order valence-corrected chi connectivity index (χ4v) is 3.54. The Morgan fingerprint density at radius 2 is 1.08 bits per heavy atom. The quantitative estimate of drug-likeness (QED) is 0.180. The second-order valence-corrected chi connectivity index (χ2v) is 8.18. The summed E-state index contributed by atoms with van der Waals surface area (Å²) in [5, 5.41) is 25.2. The van der Waals surface area contributed by atoms with E-state index < -0.39 is 11.4 Å². The first kappa shape index (κ1) is 30.3. The molecule has 0 radical (unpaired) electrons. The van der Waals surface area contributed by atoms with E-state index in [2.05, 4.69) is 19.2 Å². The fraction of sp³-hybridized carbons (Fsp3) is 0.750. The molecule has 1 aromatic heterocycles. The molecule has 0 atom stereocenters. The fourth-order valence-electron chi connectivity index (χ4n) is 3.54. The van der Waals surface area contributed by atoms with Gasteiger partial charge in [0, 0.05) is 19.6 Å². The Kier molecular flexibility index (Phi) is 17.4. The van der Waals surface area contributed by atoms with Gasteiger partial charge in [-0.25, -0.2) is 23.7 Å². The molecule has 0 aliphatic heterocycles. The Hall–Kier alpha value is -3.72. The second-order valence-electron chi connectivity index (χ2n) is 8.18. The van der Waals surface area contributed by atoms with Crippen LogP contribution in [-0.4, -0.2) is 35.5 Å². The third-order valence-electron chi connectivity index (χ3n) is 5.44. The molecule has 0 N–H and O–H groups in total. The summed E-state index contributed by atoms with van der Waals surface area (Å²) in [7, 11) is 0. The van der Waals surface area contributed by atoms with Crippen molar-refractivity contribution in [2.75, 3.05) is 26.4 Å². The molecule has 0 spiro atoms. The zero-order chi connectivity index (χ0) is 26.3. The maximum absolute atomic E-state index is 13.1. The van der Waals surface area contributed by atoms with Gasteiger partial charge in [-0.2, -0.15) is 15.8 Å². The van der Waals surface area contributed by atoms with Gasteiger partial charge in [-0.05, 0) is 57.8 Å². The monoisotopic (exact) mass is 504 g/mol. The third kappa shape index (κ3) is 13.2. The minimum absolute atomic E-state index is 0.0375. The van der Waals surface area contributed by atoms with Crippen molar-refractivity contribution >= 4 is 0 Å². The Balaban J connectivity index is 2.77. The van der Waals surface area contributed by atoms with E-state index in [-0.39, 0.29) is 12.2 Å². The van der Waals surface area contributed by atoms with E-state index in [0.29, 0.717) is 45.8 Å². The number of hydrogen-bond acceptors (Lipinski definition) is 10. The summed E-state index contributed by atoms with van der Waals surface area (Å²) in [5.74, 6) is -0.717. The van der Waals surface area contributed by atoms with Crippen LogP contribution in [0, 0.1) is 34.6 Å². The van der Waals surface area contributed by atoms with Crippen molar-refractivity contribution < 1.29 is 18.6 Å². The molecule has 12 nitrogen and oxygen atoms in total.